The van der Waals surface area contributed by atoms with Crippen molar-refractivity contribution in [3.63, 3.8) is 0 Å². The standard InChI is InChI=1S/C19H20N4O2S/c1-9-5-4-6-13(20-9)15(12-7-8-12)23-18(25)16-10(2)14-17(24)21-11(3)22-19(14)26-16/h4-6,12,15H,7-8H2,1-3H3,(H,23,25)(H,21,22,24)/t15-/m1/s1. The summed E-state index contributed by atoms with van der Waals surface area (Å²) in [5.74, 6) is 0.810. The van der Waals surface area contributed by atoms with E-state index in [2.05, 4.69) is 20.3 Å². The zero-order chi connectivity index (χ0) is 18.4. The molecule has 7 heteroatoms. The number of nitrogens with one attached hydrogen (secondary N) is 2. The number of rotatable bonds is 4. The molecule has 1 aliphatic rings. The van der Waals surface area contributed by atoms with Crippen LogP contribution in [0.5, 0.6) is 0 Å². The topological polar surface area (TPSA) is 87.7 Å². The van der Waals surface area contributed by atoms with Gasteiger partial charge in [-0.1, -0.05) is 6.07 Å². The minimum Gasteiger partial charge on any atom is -0.343 e. The number of nitrogens with zero attached hydrogens (tertiary/aromatic N) is 2. The number of hydrogen-bond acceptors (Lipinski definition) is 5. The second-order valence-corrected chi connectivity index (χ2v) is 7.88. The SMILES string of the molecule is Cc1cccc([C@H](NC(=O)c2sc3nc(C)[nH]c(=O)c3c2C)C2CC2)n1. The molecule has 0 saturated heterocycles. The van der Waals surface area contributed by atoms with Gasteiger partial charge in [0.25, 0.3) is 11.5 Å². The van der Waals surface area contributed by atoms with Crippen LogP contribution >= 0.6 is 11.3 Å². The largest absolute Gasteiger partial charge is 0.343 e. The number of carbonyl (C=O) groups is 1. The Morgan fingerprint density at radius 1 is 1.27 bits per heavy atom. The molecule has 1 aliphatic carbocycles. The molecule has 3 aromatic heterocycles. The van der Waals surface area contributed by atoms with Gasteiger partial charge in [-0.2, -0.15) is 0 Å². The third kappa shape index (κ3) is 3.03. The van der Waals surface area contributed by atoms with Crippen LogP contribution in [0.15, 0.2) is 23.0 Å². The Morgan fingerprint density at radius 2 is 2.04 bits per heavy atom. The first-order valence-electron chi connectivity index (χ1n) is 8.68. The van der Waals surface area contributed by atoms with Crippen LogP contribution in [-0.4, -0.2) is 20.9 Å². The minimum atomic E-state index is -0.195. The molecule has 0 bridgehead atoms. The molecule has 0 radical (unpaired) electrons. The summed E-state index contributed by atoms with van der Waals surface area (Å²) in [5.41, 5.74) is 2.32. The average molecular weight is 368 g/mol. The van der Waals surface area contributed by atoms with Gasteiger partial charge in [0.1, 0.15) is 10.7 Å². The number of amides is 1. The van der Waals surface area contributed by atoms with Crippen molar-refractivity contribution in [2.45, 2.75) is 39.7 Å². The van der Waals surface area contributed by atoms with Crippen LogP contribution in [-0.2, 0) is 0 Å². The van der Waals surface area contributed by atoms with Gasteiger partial charge in [0.2, 0.25) is 0 Å². The van der Waals surface area contributed by atoms with Crippen LogP contribution < -0.4 is 10.9 Å². The van der Waals surface area contributed by atoms with E-state index in [1.165, 1.54) is 11.3 Å². The lowest BCUT2D eigenvalue weighted by Gasteiger charge is -2.18. The van der Waals surface area contributed by atoms with Gasteiger partial charge in [-0.25, -0.2) is 4.98 Å². The lowest BCUT2D eigenvalue weighted by atomic mass is 10.1. The highest BCUT2D eigenvalue weighted by Crippen LogP contribution is 2.41. The molecular formula is C19H20N4O2S. The quantitative estimate of drug-likeness (QED) is 0.740. The predicted octanol–water partition coefficient (Wildman–Crippen LogP) is 3.19. The summed E-state index contributed by atoms with van der Waals surface area (Å²) in [4.78, 5) is 38.0. The second-order valence-electron chi connectivity index (χ2n) is 6.88. The number of fused-ring (bicyclic) bond motifs is 1. The van der Waals surface area contributed by atoms with E-state index < -0.39 is 0 Å². The van der Waals surface area contributed by atoms with Crippen molar-refractivity contribution >= 4 is 27.5 Å². The Bertz CT molecular complexity index is 1070. The molecule has 0 spiro atoms. The molecular weight excluding hydrogens is 348 g/mol. The number of hydrogen-bond donors (Lipinski definition) is 2. The monoisotopic (exact) mass is 368 g/mol. The Balaban J connectivity index is 1.69. The number of pyridine rings is 1. The number of aromatic nitrogens is 3. The number of H-pyrrole nitrogens is 1. The summed E-state index contributed by atoms with van der Waals surface area (Å²) in [6.45, 7) is 5.49. The second kappa shape index (κ2) is 6.32. The van der Waals surface area contributed by atoms with E-state index in [9.17, 15) is 9.59 Å². The van der Waals surface area contributed by atoms with Crippen molar-refractivity contribution in [2.24, 2.45) is 5.92 Å². The lowest BCUT2D eigenvalue weighted by Crippen LogP contribution is -2.30. The van der Waals surface area contributed by atoms with Crippen LogP contribution in [0, 0.1) is 26.7 Å². The molecule has 1 amide bonds. The van der Waals surface area contributed by atoms with E-state index in [-0.39, 0.29) is 17.5 Å². The molecule has 0 aromatic carbocycles. The van der Waals surface area contributed by atoms with Crippen molar-refractivity contribution in [3.05, 3.63) is 56.2 Å². The molecule has 4 rings (SSSR count). The van der Waals surface area contributed by atoms with E-state index in [1.807, 2.05) is 25.1 Å². The van der Waals surface area contributed by atoms with E-state index in [1.54, 1.807) is 13.8 Å². The molecule has 1 saturated carbocycles. The van der Waals surface area contributed by atoms with Crippen molar-refractivity contribution in [2.75, 3.05) is 0 Å². The number of aromatic amines is 1. The molecule has 1 atom stereocenters. The number of aryl methyl sites for hydroxylation is 3. The van der Waals surface area contributed by atoms with Crippen molar-refractivity contribution in [1.29, 1.82) is 0 Å². The van der Waals surface area contributed by atoms with Gasteiger partial charge in [-0.05, 0) is 57.2 Å². The van der Waals surface area contributed by atoms with Crippen LogP contribution in [0.1, 0.15) is 51.3 Å². The summed E-state index contributed by atoms with van der Waals surface area (Å²) in [7, 11) is 0. The number of thiophene rings is 1. The van der Waals surface area contributed by atoms with Gasteiger partial charge in [0.05, 0.1) is 22.0 Å². The third-order valence-corrected chi connectivity index (χ3v) is 5.92. The van der Waals surface area contributed by atoms with Gasteiger partial charge in [-0.3, -0.25) is 14.6 Å². The zero-order valence-electron chi connectivity index (χ0n) is 14.9. The first-order valence-corrected chi connectivity index (χ1v) is 9.50. The van der Waals surface area contributed by atoms with E-state index in [0.29, 0.717) is 32.4 Å². The lowest BCUT2D eigenvalue weighted by molar-refractivity contribution is 0.0934. The van der Waals surface area contributed by atoms with Crippen LogP contribution in [0.2, 0.25) is 0 Å². The Hall–Kier alpha value is -2.54. The first kappa shape index (κ1) is 16.9. The Morgan fingerprint density at radius 3 is 2.73 bits per heavy atom. The van der Waals surface area contributed by atoms with E-state index in [0.717, 1.165) is 24.2 Å². The summed E-state index contributed by atoms with van der Waals surface area (Å²) in [5, 5.41) is 3.65. The van der Waals surface area contributed by atoms with Crippen molar-refractivity contribution in [1.82, 2.24) is 20.3 Å². The molecule has 0 unspecified atom stereocenters. The molecule has 0 aliphatic heterocycles. The fourth-order valence-corrected chi connectivity index (χ4v) is 4.41. The maximum atomic E-state index is 13.0. The summed E-state index contributed by atoms with van der Waals surface area (Å²) < 4.78 is 0. The normalized spacial score (nSPS) is 15.2. The van der Waals surface area contributed by atoms with E-state index >= 15 is 0 Å². The average Bonchev–Trinajstić information content (AvgIpc) is 3.36. The van der Waals surface area contributed by atoms with Gasteiger partial charge >= 0.3 is 0 Å². The molecule has 134 valence electrons. The fraction of sp³-hybridized carbons (Fsp3) is 0.368. The highest BCUT2D eigenvalue weighted by Gasteiger charge is 2.35. The van der Waals surface area contributed by atoms with Crippen LogP contribution in [0.3, 0.4) is 0 Å². The van der Waals surface area contributed by atoms with Crippen LogP contribution in [0.4, 0.5) is 0 Å². The minimum absolute atomic E-state index is 0.0972. The molecule has 2 N–H and O–H groups in total. The van der Waals surface area contributed by atoms with Gasteiger partial charge in [0.15, 0.2) is 0 Å². The Labute approximate surface area is 154 Å². The maximum absolute atomic E-state index is 13.0. The molecule has 1 fully saturated rings. The van der Waals surface area contributed by atoms with E-state index in [4.69, 9.17) is 0 Å². The molecule has 6 nitrogen and oxygen atoms in total. The first-order chi connectivity index (χ1) is 12.4. The smallest absolute Gasteiger partial charge is 0.262 e. The highest BCUT2D eigenvalue weighted by molar-refractivity contribution is 7.20. The molecule has 3 aromatic rings. The molecule has 26 heavy (non-hydrogen) atoms. The predicted molar refractivity (Wildman–Crippen MR) is 102 cm³/mol. The summed E-state index contributed by atoms with van der Waals surface area (Å²) in [6.07, 6.45) is 2.18. The Kier molecular flexibility index (Phi) is 4.11. The van der Waals surface area contributed by atoms with Gasteiger partial charge in [-0.15, -0.1) is 11.3 Å². The maximum Gasteiger partial charge on any atom is 0.262 e. The summed E-state index contributed by atoms with van der Waals surface area (Å²) in [6, 6.07) is 5.78. The third-order valence-electron chi connectivity index (χ3n) is 4.73. The van der Waals surface area contributed by atoms with Gasteiger partial charge < -0.3 is 10.3 Å². The fourth-order valence-electron chi connectivity index (χ4n) is 3.28. The van der Waals surface area contributed by atoms with Crippen LogP contribution in [0.25, 0.3) is 10.2 Å². The van der Waals surface area contributed by atoms with Crippen molar-refractivity contribution < 1.29 is 4.79 Å². The summed E-state index contributed by atoms with van der Waals surface area (Å²) >= 11 is 1.27. The van der Waals surface area contributed by atoms with Crippen molar-refractivity contribution in [3.8, 4) is 0 Å². The highest BCUT2D eigenvalue weighted by atomic mass is 32.1. The van der Waals surface area contributed by atoms with Gasteiger partial charge in [0, 0.05) is 5.69 Å². The zero-order valence-corrected chi connectivity index (χ0v) is 15.7. The number of carbonyl (C=O) groups excluding carboxylic acids is 1. The molecule has 3 heterocycles.